The van der Waals surface area contributed by atoms with E-state index in [1.807, 2.05) is 25.1 Å². The van der Waals surface area contributed by atoms with E-state index in [-0.39, 0.29) is 5.91 Å². The number of nitrogens with zero attached hydrogens (tertiary/aromatic N) is 3. The first kappa shape index (κ1) is 21.1. The molecule has 4 rings (SSSR count). The predicted molar refractivity (Wildman–Crippen MR) is 123 cm³/mol. The average Bonchev–Trinajstić information content (AvgIpc) is 3.46. The number of hydrogen-bond acceptors (Lipinski definition) is 5. The Morgan fingerprint density at radius 1 is 1.13 bits per heavy atom. The molecule has 1 aliphatic rings. The molecule has 2 heterocycles. The third-order valence-electron chi connectivity index (χ3n) is 5.82. The lowest BCUT2D eigenvalue weighted by molar-refractivity contribution is -0.116. The molecule has 1 fully saturated rings. The molecule has 1 amide bonds. The number of anilines is 2. The number of aryl methyl sites for hydroxylation is 2. The van der Waals surface area contributed by atoms with Crippen molar-refractivity contribution in [1.29, 1.82) is 0 Å². The number of amides is 1. The minimum absolute atomic E-state index is 0.0574. The van der Waals surface area contributed by atoms with E-state index < -0.39 is 0 Å². The molecule has 3 aromatic rings. The lowest BCUT2D eigenvalue weighted by Gasteiger charge is -2.19. The van der Waals surface area contributed by atoms with Gasteiger partial charge in [-0.1, -0.05) is 43.3 Å². The molecule has 162 valence electrons. The molecule has 1 aromatic heterocycles. The van der Waals surface area contributed by atoms with E-state index >= 15 is 0 Å². The van der Waals surface area contributed by atoms with Gasteiger partial charge in [-0.2, -0.15) is 4.98 Å². The van der Waals surface area contributed by atoms with Crippen molar-refractivity contribution in [3.63, 3.8) is 0 Å². The molecule has 6 nitrogen and oxygen atoms in total. The number of aromatic nitrogens is 2. The van der Waals surface area contributed by atoms with Crippen molar-refractivity contribution in [2.24, 2.45) is 0 Å². The maximum Gasteiger partial charge on any atom is 0.227 e. The molecule has 0 radical (unpaired) electrons. The summed E-state index contributed by atoms with van der Waals surface area (Å²) in [6, 6.07) is 14.4. The zero-order chi connectivity index (χ0) is 21.8. The first-order chi connectivity index (χ1) is 15.0. The average molecular weight is 419 g/mol. The van der Waals surface area contributed by atoms with Gasteiger partial charge in [0.15, 0.2) is 0 Å². The third-order valence-corrected chi connectivity index (χ3v) is 5.82. The summed E-state index contributed by atoms with van der Waals surface area (Å²) < 4.78 is 5.35. The Morgan fingerprint density at radius 3 is 2.55 bits per heavy atom. The van der Waals surface area contributed by atoms with Crippen LogP contribution in [0.5, 0.6) is 0 Å². The molecule has 2 aromatic carbocycles. The van der Waals surface area contributed by atoms with Crippen molar-refractivity contribution >= 4 is 17.3 Å². The summed E-state index contributed by atoms with van der Waals surface area (Å²) >= 11 is 0. The molecule has 31 heavy (non-hydrogen) atoms. The maximum atomic E-state index is 12.4. The lowest BCUT2D eigenvalue weighted by Crippen LogP contribution is -2.18. The fraction of sp³-hybridized carbons (Fsp3) is 0.400. The van der Waals surface area contributed by atoms with E-state index in [1.54, 1.807) is 0 Å². The molecule has 0 aliphatic carbocycles. The van der Waals surface area contributed by atoms with Crippen LogP contribution in [-0.4, -0.2) is 29.1 Å². The van der Waals surface area contributed by atoms with Crippen LogP contribution in [0.1, 0.15) is 56.0 Å². The fourth-order valence-corrected chi connectivity index (χ4v) is 3.88. The Balaban J connectivity index is 1.32. The van der Waals surface area contributed by atoms with Gasteiger partial charge in [-0.05, 0) is 55.0 Å². The summed E-state index contributed by atoms with van der Waals surface area (Å²) in [4.78, 5) is 19.3. The van der Waals surface area contributed by atoms with E-state index in [4.69, 9.17) is 4.52 Å². The van der Waals surface area contributed by atoms with Crippen molar-refractivity contribution in [2.75, 3.05) is 23.3 Å². The quantitative estimate of drug-likeness (QED) is 0.561. The van der Waals surface area contributed by atoms with Crippen LogP contribution in [0, 0.1) is 6.92 Å². The molecule has 1 saturated heterocycles. The zero-order valence-corrected chi connectivity index (χ0v) is 18.5. The van der Waals surface area contributed by atoms with E-state index in [0.29, 0.717) is 30.5 Å². The zero-order valence-electron chi connectivity index (χ0n) is 18.5. The number of rotatable bonds is 7. The van der Waals surface area contributed by atoms with Gasteiger partial charge in [-0.3, -0.25) is 4.79 Å². The van der Waals surface area contributed by atoms with E-state index in [0.717, 1.165) is 29.9 Å². The molecule has 0 spiro atoms. The summed E-state index contributed by atoms with van der Waals surface area (Å²) in [6.07, 6.45) is 3.20. The van der Waals surface area contributed by atoms with Gasteiger partial charge in [-0.25, -0.2) is 0 Å². The fourth-order valence-electron chi connectivity index (χ4n) is 3.88. The SMILES string of the molecule is Cc1cc(N2CCCC2)ccc1NC(=O)CCc1nc(-c2ccc(C(C)C)cc2)no1. The van der Waals surface area contributed by atoms with E-state index in [2.05, 4.69) is 58.5 Å². The summed E-state index contributed by atoms with van der Waals surface area (Å²) in [6.45, 7) is 8.58. The van der Waals surface area contributed by atoms with E-state index in [1.165, 1.54) is 24.1 Å². The maximum absolute atomic E-state index is 12.4. The molecule has 6 heteroatoms. The normalized spacial score (nSPS) is 13.7. The summed E-state index contributed by atoms with van der Waals surface area (Å²) in [7, 11) is 0. The highest BCUT2D eigenvalue weighted by molar-refractivity contribution is 5.91. The molecule has 0 saturated carbocycles. The van der Waals surface area contributed by atoms with Crippen LogP contribution >= 0.6 is 0 Å². The summed E-state index contributed by atoms with van der Waals surface area (Å²) in [5.41, 5.74) is 5.34. The van der Waals surface area contributed by atoms with Crippen LogP contribution in [-0.2, 0) is 11.2 Å². The topological polar surface area (TPSA) is 71.3 Å². The second-order valence-electron chi connectivity index (χ2n) is 8.53. The van der Waals surface area contributed by atoms with Crippen molar-refractivity contribution in [3.8, 4) is 11.4 Å². The summed E-state index contributed by atoms with van der Waals surface area (Å²) in [5.74, 6) is 1.45. The van der Waals surface area contributed by atoms with Gasteiger partial charge in [0.05, 0.1) is 0 Å². The Hall–Kier alpha value is -3.15. The van der Waals surface area contributed by atoms with Gasteiger partial charge in [0.25, 0.3) is 0 Å². The first-order valence-electron chi connectivity index (χ1n) is 11.1. The van der Waals surface area contributed by atoms with Crippen LogP contribution in [0.4, 0.5) is 11.4 Å². The van der Waals surface area contributed by atoms with E-state index in [9.17, 15) is 4.79 Å². The van der Waals surface area contributed by atoms with Gasteiger partial charge in [-0.15, -0.1) is 0 Å². The van der Waals surface area contributed by atoms with Crippen molar-refractivity contribution in [2.45, 2.75) is 52.4 Å². The second kappa shape index (κ2) is 9.33. The smallest absolute Gasteiger partial charge is 0.227 e. The molecule has 0 bridgehead atoms. The molecule has 0 unspecified atom stereocenters. The van der Waals surface area contributed by atoms with Crippen LogP contribution in [0.25, 0.3) is 11.4 Å². The Morgan fingerprint density at radius 2 is 1.87 bits per heavy atom. The summed E-state index contributed by atoms with van der Waals surface area (Å²) in [5, 5.41) is 7.07. The molecule has 1 aliphatic heterocycles. The first-order valence-corrected chi connectivity index (χ1v) is 11.1. The predicted octanol–water partition coefficient (Wildman–Crippen LogP) is 5.34. The minimum Gasteiger partial charge on any atom is -0.372 e. The highest BCUT2D eigenvalue weighted by atomic mass is 16.5. The minimum atomic E-state index is -0.0574. The van der Waals surface area contributed by atoms with Crippen molar-refractivity contribution in [3.05, 3.63) is 59.5 Å². The van der Waals surface area contributed by atoms with Crippen LogP contribution in [0.2, 0.25) is 0 Å². The standard InChI is InChI=1S/C25H30N4O2/c1-17(2)19-6-8-20(9-7-19)25-27-24(31-28-25)13-12-23(30)26-22-11-10-21(16-18(22)3)29-14-4-5-15-29/h6-11,16-17H,4-5,12-15H2,1-3H3,(H,26,30). The van der Waals surface area contributed by atoms with Gasteiger partial charge < -0.3 is 14.7 Å². The number of nitrogens with one attached hydrogen (secondary N) is 1. The highest BCUT2D eigenvalue weighted by Gasteiger charge is 2.15. The molecule has 0 atom stereocenters. The van der Waals surface area contributed by atoms with Gasteiger partial charge >= 0.3 is 0 Å². The van der Waals surface area contributed by atoms with Crippen LogP contribution in [0.15, 0.2) is 47.0 Å². The number of carbonyl (C=O) groups excluding carboxylic acids is 1. The van der Waals surface area contributed by atoms with Crippen LogP contribution in [0.3, 0.4) is 0 Å². The van der Waals surface area contributed by atoms with Gasteiger partial charge in [0, 0.05) is 42.9 Å². The van der Waals surface area contributed by atoms with Crippen LogP contribution < -0.4 is 10.2 Å². The Bertz CT molecular complexity index is 1030. The number of carbonyl (C=O) groups is 1. The third kappa shape index (κ3) is 5.13. The molecule has 1 N–H and O–H groups in total. The Kier molecular flexibility index (Phi) is 6.35. The lowest BCUT2D eigenvalue weighted by atomic mass is 10.0. The monoisotopic (exact) mass is 418 g/mol. The highest BCUT2D eigenvalue weighted by Crippen LogP contribution is 2.26. The van der Waals surface area contributed by atoms with Crippen molar-refractivity contribution < 1.29 is 9.32 Å². The largest absolute Gasteiger partial charge is 0.372 e. The number of hydrogen-bond donors (Lipinski definition) is 1. The molecular weight excluding hydrogens is 388 g/mol. The molecular formula is C25H30N4O2. The second-order valence-corrected chi connectivity index (χ2v) is 8.53. The van der Waals surface area contributed by atoms with Gasteiger partial charge in [0.2, 0.25) is 17.6 Å². The van der Waals surface area contributed by atoms with Crippen molar-refractivity contribution in [1.82, 2.24) is 10.1 Å². The Labute approximate surface area is 183 Å². The van der Waals surface area contributed by atoms with Gasteiger partial charge in [0.1, 0.15) is 0 Å². The number of benzene rings is 2.